The number of hydrogen-bond acceptors (Lipinski definition) is 4. The quantitative estimate of drug-likeness (QED) is 0.329. The fourth-order valence-corrected chi connectivity index (χ4v) is 4.91. The monoisotopic (exact) mass is 475 g/mol. The third-order valence-corrected chi connectivity index (χ3v) is 7.55. The van der Waals surface area contributed by atoms with Crippen molar-refractivity contribution in [2.24, 2.45) is 5.73 Å². The Labute approximate surface area is 207 Å². The zero-order valence-electron chi connectivity index (χ0n) is 19.9. The minimum atomic E-state index is -0.0826. The van der Waals surface area contributed by atoms with Crippen LogP contribution >= 0.6 is 11.6 Å². The minimum Gasteiger partial charge on any atom is -0.490 e. The molecule has 5 heteroatoms. The van der Waals surface area contributed by atoms with E-state index in [1.165, 1.54) is 16.7 Å². The molecule has 5 rings (SSSR count). The zero-order valence-corrected chi connectivity index (χ0v) is 20.7. The van der Waals surface area contributed by atoms with Gasteiger partial charge in [0.25, 0.3) is 0 Å². The molecule has 0 aliphatic heterocycles. The van der Waals surface area contributed by atoms with E-state index < -0.39 is 0 Å². The maximum atomic E-state index is 6.61. The van der Waals surface area contributed by atoms with Crippen molar-refractivity contribution in [1.29, 1.82) is 0 Å². The predicted octanol–water partition coefficient (Wildman–Crippen LogP) is 6.56. The van der Waals surface area contributed by atoms with Crippen molar-refractivity contribution in [2.75, 3.05) is 6.54 Å². The van der Waals surface area contributed by atoms with Gasteiger partial charge in [-0.3, -0.25) is 4.98 Å². The largest absolute Gasteiger partial charge is 0.490 e. The Kier molecular flexibility index (Phi) is 6.91. The van der Waals surface area contributed by atoms with Crippen LogP contribution in [0.25, 0.3) is 11.1 Å². The van der Waals surface area contributed by atoms with Crippen LogP contribution in [0.15, 0.2) is 60.9 Å². The number of para-hydroxylation sites is 1. The SMILES string of the molecule is C[C@H](CCCN)c1ccc(Cl)c(CNC2(c3cnccc3-c3ccccc3OC3CC3)CC2)c1. The van der Waals surface area contributed by atoms with Gasteiger partial charge < -0.3 is 15.8 Å². The standard InChI is InChI=1S/C29H34ClN3O/c1-20(5-4-15-31)21-8-11-27(30)22(17-21)18-33-29(13-14-29)26-19-32-16-12-24(26)25-6-2-3-7-28(25)34-23-9-10-23/h2-3,6-8,11-12,16-17,19-20,23,33H,4-5,9-10,13-15,18,31H2,1H3/t20-/m1/s1. The van der Waals surface area contributed by atoms with Gasteiger partial charge in [0.05, 0.1) is 6.10 Å². The maximum absolute atomic E-state index is 6.61. The summed E-state index contributed by atoms with van der Waals surface area (Å²) >= 11 is 6.61. The summed E-state index contributed by atoms with van der Waals surface area (Å²) in [5.74, 6) is 1.44. The van der Waals surface area contributed by atoms with Gasteiger partial charge in [0.15, 0.2) is 0 Å². The number of hydrogen-bond donors (Lipinski definition) is 2. The van der Waals surface area contributed by atoms with Crippen LogP contribution in [0.1, 0.15) is 68.1 Å². The predicted molar refractivity (Wildman–Crippen MR) is 139 cm³/mol. The van der Waals surface area contributed by atoms with Gasteiger partial charge in [0.2, 0.25) is 0 Å². The molecule has 0 amide bonds. The smallest absolute Gasteiger partial charge is 0.127 e. The normalized spacial score (nSPS) is 17.4. The average Bonchev–Trinajstić information content (AvgIpc) is 3.79. The molecular formula is C29H34ClN3O. The van der Waals surface area contributed by atoms with Gasteiger partial charge in [-0.15, -0.1) is 0 Å². The summed E-state index contributed by atoms with van der Waals surface area (Å²) < 4.78 is 6.24. The van der Waals surface area contributed by atoms with Crippen LogP contribution in [-0.4, -0.2) is 17.6 Å². The first kappa shape index (κ1) is 23.3. The van der Waals surface area contributed by atoms with Gasteiger partial charge in [-0.2, -0.15) is 0 Å². The van der Waals surface area contributed by atoms with Crippen molar-refractivity contribution in [2.45, 2.75) is 69.6 Å². The lowest BCUT2D eigenvalue weighted by Gasteiger charge is -2.23. The molecule has 1 atom stereocenters. The van der Waals surface area contributed by atoms with Crippen molar-refractivity contribution in [3.05, 3.63) is 82.6 Å². The summed E-state index contributed by atoms with van der Waals surface area (Å²) in [6.07, 6.45) is 10.9. The Morgan fingerprint density at radius 2 is 1.97 bits per heavy atom. The lowest BCUT2D eigenvalue weighted by Crippen LogP contribution is -2.29. The molecule has 0 saturated heterocycles. The molecule has 2 fully saturated rings. The van der Waals surface area contributed by atoms with E-state index >= 15 is 0 Å². The number of pyridine rings is 1. The Balaban J connectivity index is 1.38. The van der Waals surface area contributed by atoms with E-state index in [4.69, 9.17) is 22.1 Å². The maximum Gasteiger partial charge on any atom is 0.127 e. The molecule has 1 aromatic heterocycles. The second-order valence-corrected chi connectivity index (χ2v) is 10.3. The number of nitrogens with two attached hydrogens (primary N) is 1. The van der Waals surface area contributed by atoms with Crippen molar-refractivity contribution >= 4 is 11.6 Å². The molecule has 34 heavy (non-hydrogen) atoms. The highest BCUT2D eigenvalue weighted by molar-refractivity contribution is 6.31. The molecule has 1 heterocycles. The first-order valence-electron chi connectivity index (χ1n) is 12.5. The van der Waals surface area contributed by atoms with E-state index in [9.17, 15) is 0 Å². The summed E-state index contributed by atoms with van der Waals surface area (Å²) in [4.78, 5) is 4.50. The Morgan fingerprint density at radius 3 is 2.74 bits per heavy atom. The summed E-state index contributed by atoms with van der Waals surface area (Å²) in [6.45, 7) is 3.73. The van der Waals surface area contributed by atoms with Crippen molar-refractivity contribution < 1.29 is 4.74 Å². The molecule has 2 aliphatic rings. The van der Waals surface area contributed by atoms with Gasteiger partial charge in [-0.25, -0.2) is 0 Å². The molecule has 3 N–H and O–H groups in total. The molecule has 0 radical (unpaired) electrons. The van der Waals surface area contributed by atoms with Crippen LogP contribution in [0.4, 0.5) is 0 Å². The lowest BCUT2D eigenvalue weighted by atomic mass is 9.93. The van der Waals surface area contributed by atoms with E-state index in [-0.39, 0.29) is 5.54 Å². The number of halogens is 1. The van der Waals surface area contributed by atoms with Gasteiger partial charge >= 0.3 is 0 Å². The molecule has 178 valence electrons. The number of aromatic nitrogens is 1. The van der Waals surface area contributed by atoms with E-state index in [1.807, 2.05) is 18.5 Å². The van der Waals surface area contributed by atoms with Crippen LogP contribution in [0.5, 0.6) is 5.75 Å². The highest BCUT2D eigenvalue weighted by Gasteiger charge is 2.45. The fraction of sp³-hybridized carbons (Fsp3) is 0.414. The van der Waals surface area contributed by atoms with Crippen LogP contribution in [0.3, 0.4) is 0 Å². The van der Waals surface area contributed by atoms with Gasteiger partial charge in [-0.05, 0) is 91.4 Å². The summed E-state index contributed by atoms with van der Waals surface area (Å²) in [6, 6.07) is 17.0. The van der Waals surface area contributed by atoms with Crippen molar-refractivity contribution in [1.82, 2.24) is 10.3 Å². The molecule has 0 unspecified atom stereocenters. The average molecular weight is 476 g/mol. The Morgan fingerprint density at radius 1 is 1.15 bits per heavy atom. The number of benzene rings is 2. The van der Waals surface area contributed by atoms with E-state index in [0.717, 1.165) is 73.5 Å². The number of rotatable bonds is 11. The Bertz CT molecular complexity index is 1140. The van der Waals surface area contributed by atoms with Gasteiger partial charge in [-0.1, -0.05) is 48.9 Å². The molecule has 0 bridgehead atoms. The Hall–Kier alpha value is -2.40. The highest BCUT2D eigenvalue weighted by Crippen LogP contribution is 2.50. The molecule has 2 aromatic carbocycles. The van der Waals surface area contributed by atoms with E-state index in [0.29, 0.717) is 12.0 Å². The van der Waals surface area contributed by atoms with Crippen LogP contribution in [0, 0.1) is 0 Å². The lowest BCUT2D eigenvalue weighted by molar-refractivity contribution is 0.304. The van der Waals surface area contributed by atoms with Crippen molar-refractivity contribution in [3.63, 3.8) is 0 Å². The second-order valence-electron chi connectivity index (χ2n) is 9.85. The number of nitrogens with one attached hydrogen (secondary N) is 1. The number of ether oxygens (including phenoxy) is 1. The van der Waals surface area contributed by atoms with E-state index in [1.54, 1.807) is 0 Å². The van der Waals surface area contributed by atoms with Gasteiger partial charge in [0, 0.05) is 35.1 Å². The molecular weight excluding hydrogens is 442 g/mol. The van der Waals surface area contributed by atoms with Crippen LogP contribution in [-0.2, 0) is 12.1 Å². The zero-order chi connectivity index (χ0) is 23.5. The molecule has 4 nitrogen and oxygen atoms in total. The van der Waals surface area contributed by atoms with Crippen LogP contribution in [0.2, 0.25) is 5.02 Å². The summed E-state index contributed by atoms with van der Waals surface area (Å²) in [5, 5.41) is 4.66. The summed E-state index contributed by atoms with van der Waals surface area (Å²) in [5.41, 5.74) is 11.7. The number of nitrogens with zero attached hydrogens (tertiary/aromatic N) is 1. The van der Waals surface area contributed by atoms with Crippen molar-refractivity contribution in [3.8, 4) is 16.9 Å². The first-order chi connectivity index (χ1) is 16.6. The molecule has 0 spiro atoms. The fourth-order valence-electron chi connectivity index (χ4n) is 4.73. The molecule has 2 aliphatic carbocycles. The molecule has 3 aromatic rings. The third kappa shape index (κ3) is 5.14. The minimum absolute atomic E-state index is 0.0826. The topological polar surface area (TPSA) is 60.2 Å². The second kappa shape index (κ2) is 10.1. The summed E-state index contributed by atoms with van der Waals surface area (Å²) in [7, 11) is 0. The molecule has 2 saturated carbocycles. The van der Waals surface area contributed by atoms with Gasteiger partial charge in [0.1, 0.15) is 5.75 Å². The third-order valence-electron chi connectivity index (χ3n) is 7.18. The first-order valence-corrected chi connectivity index (χ1v) is 12.9. The van der Waals surface area contributed by atoms with E-state index in [2.05, 4.69) is 59.7 Å². The van der Waals surface area contributed by atoms with Crippen LogP contribution < -0.4 is 15.8 Å². The highest BCUT2D eigenvalue weighted by atomic mass is 35.5.